The number of esters is 1. The van der Waals surface area contributed by atoms with Crippen LogP contribution in [0.3, 0.4) is 0 Å². The van der Waals surface area contributed by atoms with E-state index in [0.717, 1.165) is 5.56 Å². The third kappa shape index (κ3) is 5.04. The number of hydrogen-bond donors (Lipinski definition) is 1. The first-order valence-corrected chi connectivity index (χ1v) is 13.6. The molecule has 3 aromatic carbocycles. The average molecular weight is 583 g/mol. The van der Waals surface area contributed by atoms with Crippen molar-refractivity contribution in [2.24, 2.45) is 0 Å². The Balaban J connectivity index is 1.31. The van der Waals surface area contributed by atoms with Gasteiger partial charge in [-0.3, -0.25) is 14.3 Å². The molecule has 43 heavy (non-hydrogen) atoms. The highest BCUT2D eigenvalue weighted by atomic mass is 17.2. The highest BCUT2D eigenvalue weighted by Gasteiger charge is 2.52. The molecule has 1 aliphatic heterocycles. The van der Waals surface area contributed by atoms with Crippen molar-refractivity contribution in [3.63, 3.8) is 0 Å². The summed E-state index contributed by atoms with van der Waals surface area (Å²) in [4.78, 5) is 75.7. The second-order valence-corrected chi connectivity index (χ2v) is 10.4. The molecule has 1 N–H and O–H groups in total. The molecule has 2 heterocycles. The van der Waals surface area contributed by atoms with Gasteiger partial charge in [0.05, 0.1) is 16.7 Å². The fourth-order valence-corrected chi connectivity index (χ4v) is 5.75. The number of aromatic nitrogens is 2. The van der Waals surface area contributed by atoms with Crippen molar-refractivity contribution in [1.29, 1.82) is 0 Å². The van der Waals surface area contributed by atoms with Crippen LogP contribution in [0, 0.1) is 13.8 Å². The van der Waals surface area contributed by atoms with Gasteiger partial charge in [-0.2, -0.15) is 0 Å². The predicted molar refractivity (Wildman–Crippen MR) is 151 cm³/mol. The number of rotatable bonds is 6. The van der Waals surface area contributed by atoms with Gasteiger partial charge in [-0.25, -0.2) is 29.0 Å². The van der Waals surface area contributed by atoms with Gasteiger partial charge in [-0.15, -0.1) is 0 Å². The highest BCUT2D eigenvalue weighted by Crippen LogP contribution is 2.56. The van der Waals surface area contributed by atoms with E-state index in [-0.39, 0.29) is 17.7 Å². The molecule has 1 aliphatic carbocycles. The molecule has 0 amide bonds. The predicted octanol–water partition coefficient (Wildman–Crippen LogP) is 3.72. The van der Waals surface area contributed by atoms with Crippen LogP contribution in [0.25, 0.3) is 0 Å². The third-order valence-corrected chi connectivity index (χ3v) is 7.98. The highest BCUT2D eigenvalue weighted by molar-refractivity contribution is 5.94. The lowest BCUT2D eigenvalue weighted by Gasteiger charge is -2.24. The topological polar surface area (TPSA) is 143 Å². The van der Waals surface area contributed by atoms with Gasteiger partial charge in [0.2, 0.25) is 0 Å². The van der Waals surface area contributed by atoms with E-state index in [2.05, 4.69) is 4.98 Å². The molecule has 1 fully saturated rings. The summed E-state index contributed by atoms with van der Waals surface area (Å²) in [7, 11) is 0. The van der Waals surface area contributed by atoms with Crippen molar-refractivity contribution in [3.8, 4) is 0 Å². The number of hydrogen-bond acceptors (Lipinski definition) is 9. The van der Waals surface area contributed by atoms with Crippen LogP contribution in [-0.4, -0.2) is 40.2 Å². The Morgan fingerprint density at radius 1 is 0.814 bits per heavy atom. The summed E-state index contributed by atoms with van der Waals surface area (Å²) in [5.41, 5.74) is 1.51. The normalized spacial score (nSPS) is 19.9. The number of carbonyl (C=O) groups excluding carboxylic acids is 3. The van der Waals surface area contributed by atoms with Crippen molar-refractivity contribution < 1.29 is 33.6 Å². The molecule has 0 unspecified atom stereocenters. The molecule has 2 bridgehead atoms. The molecule has 6 rings (SSSR count). The average Bonchev–Trinajstić information content (AvgIpc) is 3.54. The summed E-state index contributed by atoms with van der Waals surface area (Å²) >= 11 is 0. The standard InChI is InChI=1S/C32H26N2O9/c1-17-18(2)34(32(39)33-27(17)35)28-26-23-15-21(25(26)24(41-28)16-40-29(36)19-9-5-3-6-10-19)13-14-22(23)31(38)43-42-30(37)20-11-7-4-8-12-20/h3-15,24-26,28H,16H2,1-2H3,(H,33,35,39)/t24-,25+,26-,28+/m0/s1. The molecular weight excluding hydrogens is 556 g/mol. The molecular formula is C32H26N2O9. The Morgan fingerprint density at radius 3 is 2.12 bits per heavy atom. The van der Waals surface area contributed by atoms with Crippen LogP contribution in [0.15, 0.2) is 88.5 Å². The first-order valence-electron chi connectivity index (χ1n) is 13.6. The molecule has 2 aliphatic rings. The number of H-pyrrole nitrogens is 1. The zero-order valence-corrected chi connectivity index (χ0v) is 23.1. The number of nitrogens with one attached hydrogen (secondary N) is 1. The molecule has 0 spiro atoms. The van der Waals surface area contributed by atoms with Gasteiger partial charge in [0.1, 0.15) is 18.9 Å². The van der Waals surface area contributed by atoms with E-state index >= 15 is 0 Å². The molecule has 218 valence electrons. The second-order valence-electron chi connectivity index (χ2n) is 10.4. The van der Waals surface area contributed by atoms with Gasteiger partial charge < -0.3 is 9.47 Å². The maximum Gasteiger partial charge on any atom is 0.386 e. The molecule has 1 aromatic heterocycles. The van der Waals surface area contributed by atoms with Gasteiger partial charge in [-0.05, 0) is 55.3 Å². The fourth-order valence-electron chi connectivity index (χ4n) is 5.75. The molecule has 0 saturated carbocycles. The van der Waals surface area contributed by atoms with Crippen molar-refractivity contribution in [1.82, 2.24) is 9.55 Å². The minimum atomic E-state index is -0.966. The minimum absolute atomic E-state index is 0.111. The molecule has 0 radical (unpaired) electrons. The Bertz CT molecular complexity index is 1850. The van der Waals surface area contributed by atoms with Crippen LogP contribution >= 0.6 is 0 Å². The van der Waals surface area contributed by atoms with E-state index in [4.69, 9.17) is 19.2 Å². The van der Waals surface area contributed by atoms with Crippen LogP contribution in [0.1, 0.15) is 71.5 Å². The lowest BCUT2D eigenvalue weighted by molar-refractivity contribution is -0.187. The lowest BCUT2D eigenvalue weighted by Crippen LogP contribution is -2.37. The van der Waals surface area contributed by atoms with Crippen molar-refractivity contribution in [2.75, 3.05) is 6.61 Å². The largest absolute Gasteiger partial charge is 0.459 e. The number of aromatic amines is 1. The third-order valence-electron chi connectivity index (χ3n) is 7.98. The summed E-state index contributed by atoms with van der Waals surface area (Å²) in [5.74, 6) is -3.29. The maximum atomic E-state index is 13.2. The van der Waals surface area contributed by atoms with Crippen LogP contribution in [0.4, 0.5) is 0 Å². The van der Waals surface area contributed by atoms with Crippen LogP contribution in [0.2, 0.25) is 0 Å². The van der Waals surface area contributed by atoms with Gasteiger partial charge in [0, 0.05) is 23.1 Å². The Labute approximate surface area is 244 Å². The number of ether oxygens (including phenoxy) is 2. The number of fused-ring (bicyclic) bond motifs is 5. The smallest absolute Gasteiger partial charge is 0.386 e. The van der Waals surface area contributed by atoms with E-state index in [1.807, 2.05) is 0 Å². The molecule has 4 aromatic rings. The Hall–Kier alpha value is -5.29. The molecule has 11 heteroatoms. The zero-order chi connectivity index (χ0) is 30.2. The molecule has 11 nitrogen and oxygen atoms in total. The van der Waals surface area contributed by atoms with Crippen LogP contribution in [0.5, 0.6) is 0 Å². The summed E-state index contributed by atoms with van der Waals surface area (Å²) in [6.07, 6.45) is -1.66. The summed E-state index contributed by atoms with van der Waals surface area (Å²) in [5, 5.41) is 0. The summed E-state index contributed by atoms with van der Waals surface area (Å²) in [6.45, 7) is 3.10. The van der Waals surface area contributed by atoms with Gasteiger partial charge in [0.15, 0.2) is 0 Å². The Morgan fingerprint density at radius 2 is 1.44 bits per heavy atom. The van der Waals surface area contributed by atoms with E-state index in [1.54, 1.807) is 80.6 Å². The van der Waals surface area contributed by atoms with E-state index in [0.29, 0.717) is 22.4 Å². The first-order chi connectivity index (χ1) is 20.7. The SMILES string of the molecule is Cc1c(C)n([C@@H]2O[C@@H](COC(=O)c3ccccc3)[C@H]3c4ccc(C(=O)OOC(=O)c5ccccc5)c(c4)[C@@H]32)c(=O)[nH]c1=O. The van der Waals surface area contributed by atoms with Crippen molar-refractivity contribution >= 4 is 17.9 Å². The van der Waals surface area contributed by atoms with Crippen molar-refractivity contribution in [3.05, 3.63) is 139 Å². The second kappa shape index (κ2) is 11.2. The van der Waals surface area contributed by atoms with Gasteiger partial charge >= 0.3 is 23.6 Å². The van der Waals surface area contributed by atoms with Crippen LogP contribution in [-0.2, 0) is 19.2 Å². The van der Waals surface area contributed by atoms with Crippen LogP contribution < -0.4 is 11.2 Å². The minimum Gasteiger partial charge on any atom is -0.459 e. The number of benzene rings is 3. The van der Waals surface area contributed by atoms with Crippen molar-refractivity contribution in [2.45, 2.75) is 38.0 Å². The van der Waals surface area contributed by atoms with Gasteiger partial charge in [0.25, 0.3) is 5.56 Å². The number of nitrogens with zero attached hydrogens (tertiary/aromatic N) is 1. The molecule has 4 atom stereocenters. The monoisotopic (exact) mass is 582 g/mol. The molecule has 1 saturated heterocycles. The summed E-state index contributed by atoms with van der Waals surface area (Å²) < 4.78 is 13.3. The Kier molecular flexibility index (Phi) is 7.24. The number of carbonyl (C=O) groups is 3. The van der Waals surface area contributed by atoms with E-state index < -0.39 is 53.3 Å². The van der Waals surface area contributed by atoms with E-state index in [9.17, 15) is 24.0 Å². The first kappa shape index (κ1) is 27.9. The summed E-state index contributed by atoms with van der Waals surface area (Å²) in [6, 6.07) is 21.6. The zero-order valence-electron chi connectivity index (χ0n) is 23.1. The maximum absolute atomic E-state index is 13.2. The fraction of sp³-hybridized carbons (Fsp3) is 0.219. The van der Waals surface area contributed by atoms with Gasteiger partial charge in [-0.1, -0.05) is 48.5 Å². The quantitative estimate of drug-likeness (QED) is 0.204. The van der Waals surface area contributed by atoms with E-state index in [1.165, 1.54) is 16.7 Å². The lowest BCUT2D eigenvalue weighted by atomic mass is 9.87.